The van der Waals surface area contributed by atoms with Crippen LogP contribution in [0.5, 0.6) is 0 Å². The van der Waals surface area contributed by atoms with Crippen LogP contribution in [-0.4, -0.2) is 87.5 Å². The number of amides is 1. The molecule has 0 spiro atoms. The summed E-state index contributed by atoms with van der Waals surface area (Å²) in [6.45, 7) is 3.71. The van der Waals surface area contributed by atoms with Crippen molar-refractivity contribution in [3.63, 3.8) is 0 Å². The van der Waals surface area contributed by atoms with Crippen LogP contribution >= 0.6 is 0 Å². The largest absolute Gasteiger partial charge is 0.394 e. The number of carbonyl (C=O) groups excluding carboxylic acids is 1. The molecule has 1 saturated heterocycles. The maximum atomic E-state index is 12.9. The molecule has 0 aromatic rings. The Hall–Kier alpha value is -1.33. The number of rotatable bonds is 34. The molecule has 9 heteroatoms. The predicted molar refractivity (Wildman–Crippen MR) is 207 cm³/mol. The van der Waals surface area contributed by atoms with Gasteiger partial charge in [-0.1, -0.05) is 179 Å². The van der Waals surface area contributed by atoms with Crippen molar-refractivity contribution < 1.29 is 39.8 Å². The van der Waals surface area contributed by atoms with E-state index < -0.39 is 49.5 Å². The first-order valence-electron chi connectivity index (χ1n) is 21.1. The molecular weight excluding hydrogens is 646 g/mol. The number of hydrogen-bond donors (Lipinski definition) is 6. The molecule has 0 radical (unpaired) electrons. The van der Waals surface area contributed by atoms with Crippen molar-refractivity contribution in [3.05, 3.63) is 24.3 Å². The lowest BCUT2D eigenvalue weighted by atomic mass is 9.99. The summed E-state index contributed by atoms with van der Waals surface area (Å²) in [6, 6.07) is -0.830. The first-order valence-corrected chi connectivity index (χ1v) is 21.1. The van der Waals surface area contributed by atoms with Crippen LogP contribution in [0.4, 0.5) is 0 Å². The van der Waals surface area contributed by atoms with E-state index in [0.29, 0.717) is 6.42 Å². The van der Waals surface area contributed by atoms with Gasteiger partial charge in [0.1, 0.15) is 24.4 Å². The van der Waals surface area contributed by atoms with E-state index >= 15 is 0 Å². The van der Waals surface area contributed by atoms with Crippen LogP contribution in [0.1, 0.15) is 181 Å². The highest BCUT2D eigenvalue weighted by molar-refractivity contribution is 5.76. The van der Waals surface area contributed by atoms with Gasteiger partial charge in [-0.25, -0.2) is 0 Å². The van der Waals surface area contributed by atoms with Crippen LogP contribution in [-0.2, 0) is 14.3 Å². The third-order valence-corrected chi connectivity index (χ3v) is 10.1. The topological polar surface area (TPSA) is 149 Å². The molecular formula is C42H79NO8. The fourth-order valence-electron chi connectivity index (χ4n) is 6.62. The molecule has 0 bridgehead atoms. The summed E-state index contributed by atoms with van der Waals surface area (Å²) in [4.78, 5) is 12.9. The molecule has 6 N–H and O–H groups in total. The van der Waals surface area contributed by atoms with E-state index in [1.54, 1.807) is 12.2 Å². The molecule has 1 rings (SSSR count). The van der Waals surface area contributed by atoms with Gasteiger partial charge in [0, 0.05) is 6.42 Å². The van der Waals surface area contributed by atoms with Gasteiger partial charge in [0.15, 0.2) is 6.29 Å². The SMILES string of the molecule is CCCCCCCC/C=C/C=C/[C@@H](O)[C@H](CO[C@H]1O[C@@H](CO)[C@H](O)C(O)C1O)NC(=O)CCCCCCCCCCCCCCCCCCCC. The van der Waals surface area contributed by atoms with Crippen molar-refractivity contribution >= 4 is 5.91 Å². The summed E-state index contributed by atoms with van der Waals surface area (Å²) < 4.78 is 11.1. The Balaban J connectivity index is 2.36. The van der Waals surface area contributed by atoms with Gasteiger partial charge in [-0.3, -0.25) is 4.79 Å². The number of unbranched alkanes of at least 4 members (excludes halogenated alkanes) is 23. The van der Waals surface area contributed by atoms with Crippen molar-refractivity contribution in [1.29, 1.82) is 0 Å². The van der Waals surface area contributed by atoms with Gasteiger partial charge in [0.25, 0.3) is 0 Å². The molecule has 1 fully saturated rings. The third-order valence-electron chi connectivity index (χ3n) is 10.1. The van der Waals surface area contributed by atoms with E-state index in [2.05, 4.69) is 25.2 Å². The molecule has 0 aliphatic carbocycles. The molecule has 1 aliphatic rings. The molecule has 0 aromatic heterocycles. The minimum absolute atomic E-state index is 0.194. The van der Waals surface area contributed by atoms with Crippen molar-refractivity contribution in [1.82, 2.24) is 5.32 Å². The number of carbonyl (C=O) groups is 1. The Bertz CT molecular complexity index is 853. The first-order chi connectivity index (χ1) is 24.8. The smallest absolute Gasteiger partial charge is 0.220 e. The first kappa shape index (κ1) is 47.7. The normalized spacial score (nSPS) is 22.2. The monoisotopic (exact) mass is 726 g/mol. The standard InChI is InChI=1S/C42H79NO8/c1-3-5-7-9-11-13-15-16-17-18-19-20-21-22-24-26-28-30-32-38(46)43-35(34-50-42-41(49)40(48)39(47)37(33-44)51-42)36(45)31-29-27-25-23-14-12-10-8-6-4-2/h25,27,29,31,35-37,39-42,44-45,47-49H,3-24,26,28,30,32-34H2,1-2H3,(H,43,46)/b27-25+,31-29+/t35-,36+,37-,39-,40?,41?,42-/m0/s1. The van der Waals surface area contributed by atoms with Gasteiger partial charge >= 0.3 is 0 Å². The molecule has 0 aromatic carbocycles. The molecule has 300 valence electrons. The maximum absolute atomic E-state index is 12.9. The van der Waals surface area contributed by atoms with Gasteiger partial charge in [-0.15, -0.1) is 0 Å². The summed E-state index contributed by atoms with van der Waals surface area (Å²) in [5.74, 6) is -0.194. The number of allylic oxidation sites excluding steroid dienone is 3. The fourth-order valence-corrected chi connectivity index (χ4v) is 6.62. The van der Waals surface area contributed by atoms with Crippen molar-refractivity contribution in [2.75, 3.05) is 13.2 Å². The van der Waals surface area contributed by atoms with E-state index in [0.717, 1.165) is 32.1 Å². The van der Waals surface area contributed by atoms with Crippen LogP contribution in [0.3, 0.4) is 0 Å². The summed E-state index contributed by atoms with van der Waals surface area (Å²) in [6.07, 6.45) is 30.9. The minimum atomic E-state index is -1.57. The van der Waals surface area contributed by atoms with Gasteiger partial charge in [0.05, 0.1) is 25.4 Å². The van der Waals surface area contributed by atoms with E-state index in [1.165, 1.54) is 128 Å². The summed E-state index contributed by atoms with van der Waals surface area (Å²) in [5.41, 5.74) is 0. The highest BCUT2D eigenvalue weighted by Crippen LogP contribution is 2.22. The third kappa shape index (κ3) is 24.6. The molecule has 1 aliphatic heterocycles. The Morgan fingerprint density at radius 3 is 1.63 bits per heavy atom. The second-order valence-electron chi connectivity index (χ2n) is 14.8. The van der Waals surface area contributed by atoms with Gasteiger partial charge < -0.3 is 40.3 Å². The van der Waals surface area contributed by atoms with Gasteiger partial charge in [0.2, 0.25) is 5.91 Å². The van der Waals surface area contributed by atoms with Crippen molar-refractivity contribution in [3.8, 4) is 0 Å². The molecule has 1 heterocycles. The van der Waals surface area contributed by atoms with Crippen molar-refractivity contribution in [2.24, 2.45) is 0 Å². The summed E-state index contributed by atoms with van der Waals surface area (Å²) in [7, 11) is 0. The zero-order valence-electron chi connectivity index (χ0n) is 32.6. The highest BCUT2D eigenvalue weighted by atomic mass is 16.7. The molecule has 7 atom stereocenters. The summed E-state index contributed by atoms with van der Waals surface area (Å²) >= 11 is 0. The van der Waals surface area contributed by atoms with Crippen LogP contribution < -0.4 is 5.32 Å². The Labute approximate surface area is 311 Å². The zero-order chi connectivity index (χ0) is 37.4. The number of hydrogen-bond acceptors (Lipinski definition) is 8. The van der Waals surface area contributed by atoms with E-state index in [1.807, 2.05) is 6.08 Å². The second-order valence-corrected chi connectivity index (χ2v) is 14.8. The molecule has 9 nitrogen and oxygen atoms in total. The minimum Gasteiger partial charge on any atom is -0.394 e. The quantitative estimate of drug-likeness (QED) is 0.0289. The molecule has 0 saturated carbocycles. The Kier molecular flexibility index (Phi) is 31.1. The van der Waals surface area contributed by atoms with Gasteiger partial charge in [-0.05, 0) is 19.3 Å². The molecule has 1 amide bonds. The lowest BCUT2D eigenvalue weighted by molar-refractivity contribution is -0.302. The van der Waals surface area contributed by atoms with Crippen LogP contribution in [0.2, 0.25) is 0 Å². The lowest BCUT2D eigenvalue weighted by Crippen LogP contribution is -2.60. The molecule has 51 heavy (non-hydrogen) atoms. The molecule has 2 unspecified atom stereocenters. The van der Waals surface area contributed by atoms with Crippen LogP contribution in [0.25, 0.3) is 0 Å². The number of aliphatic hydroxyl groups is 5. The lowest BCUT2D eigenvalue weighted by Gasteiger charge is -2.40. The predicted octanol–water partition coefficient (Wildman–Crippen LogP) is 7.94. The zero-order valence-corrected chi connectivity index (χ0v) is 32.6. The fraction of sp³-hybridized carbons (Fsp3) is 0.881. The maximum Gasteiger partial charge on any atom is 0.220 e. The van der Waals surface area contributed by atoms with E-state index in [-0.39, 0.29) is 12.5 Å². The van der Waals surface area contributed by atoms with Crippen molar-refractivity contribution in [2.45, 2.75) is 224 Å². The Morgan fingerprint density at radius 1 is 0.667 bits per heavy atom. The van der Waals surface area contributed by atoms with Crippen LogP contribution in [0.15, 0.2) is 24.3 Å². The Morgan fingerprint density at radius 2 is 1.14 bits per heavy atom. The summed E-state index contributed by atoms with van der Waals surface area (Å²) in [5, 5.41) is 53.9. The highest BCUT2D eigenvalue weighted by Gasteiger charge is 2.44. The average molecular weight is 726 g/mol. The van der Waals surface area contributed by atoms with Gasteiger partial charge in [-0.2, -0.15) is 0 Å². The number of aliphatic hydroxyl groups excluding tert-OH is 5. The second kappa shape index (κ2) is 33.3. The van der Waals surface area contributed by atoms with E-state index in [4.69, 9.17) is 9.47 Å². The van der Waals surface area contributed by atoms with Crippen LogP contribution in [0, 0.1) is 0 Å². The number of nitrogens with one attached hydrogen (secondary N) is 1. The van der Waals surface area contributed by atoms with E-state index in [9.17, 15) is 30.3 Å². The average Bonchev–Trinajstić information content (AvgIpc) is 3.13. The number of ether oxygens (including phenoxy) is 2.